The van der Waals surface area contributed by atoms with Gasteiger partial charge < -0.3 is 4.57 Å². The summed E-state index contributed by atoms with van der Waals surface area (Å²) in [5.41, 5.74) is 4.10. The maximum absolute atomic E-state index is 4.86. The Labute approximate surface area is 148 Å². The number of thiazole rings is 1. The van der Waals surface area contributed by atoms with Crippen LogP contribution in [0.15, 0.2) is 72.9 Å². The largest absolute Gasteiger partial charge is 0.316 e. The van der Waals surface area contributed by atoms with E-state index in [0.717, 1.165) is 33.1 Å². The molecule has 0 aliphatic carbocycles. The second kappa shape index (κ2) is 5.79. The highest BCUT2D eigenvalue weighted by Gasteiger charge is 2.16. The lowest BCUT2D eigenvalue weighted by Gasteiger charge is -2.07. The number of pyridine rings is 1. The number of nitrogens with zero attached hydrogens (tertiary/aromatic N) is 4. The van der Waals surface area contributed by atoms with Crippen molar-refractivity contribution in [3.05, 3.63) is 78.6 Å². The molecule has 5 aromatic rings. The van der Waals surface area contributed by atoms with Gasteiger partial charge in [-0.15, -0.1) is 11.3 Å². The molecule has 0 spiro atoms. The van der Waals surface area contributed by atoms with Gasteiger partial charge in [0, 0.05) is 6.20 Å². The van der Waals surface area contributed by atoms with Crippen molar-refractivity contribution in [2.75, 3.05) is 0 Å². The van der Waals surface area contributed by atoms with Crippen LogP contribution in [0, 0.1) is 0 Å². The first-order valence-corrected chi connectivity index (χ1v) is 8.91. The van der Waals surface area contributed by atoms with Crippen LogP contribution < -0.4 is 0 Å². The van der Waals surface area contributed by atoms with Gasteiger partial charge >= 0.3 is 0 Å². The highest BCUT2D eigenvalue weighted by atomic mass is 32.1. The molecule has 5 rings (SSSR count). The van der Waals surface area contributed by atoms with E-state index in [1.165, 1.54) is 4.70 Å². The van der Waals surface area contributed by atoms with Gasteiger partial charge in [-0.05, 0) is 36.4 Å². The molecule has 120 valence electrons. The van der Waals surface area contributed by atoms with Crippen LogP contribution >= 0.6 is 11.3 Å². The van der Waals surface area contributed by atoms with Crippen molar-refractivity contribution >= 4 is 32.6 Å². The molecule has 0 aliphatic heterocycles. The second-order valence-electron chi connectivity index (χ2n) is 5.82. The van der Waals surface area contributed by atoms with E-state index in [9.17, 15) is 0 Å². The van der Waals surface area contributed by atoms with Crippen LogP contribution in [0.25, 0.3) is 32.1 Å². The molecule has 4 nitrogen and oxygen atoms in total. The molecule has 0 amide bonds. The summed E-state index contributed by atoms with van der Waals surface area (Å²) in [6.07, 6.45) is 1.83. The summed E-state index contributed by atoms with van der Waals surface area (Å²) in [6.45, 7) is 0.673. The number of fused-ring (bicyclic) bond motifs is 2. The Hall–Kier alpha value is -3.05. The Morgan fingerprint density at radius 1 is 0.800 bits per heavy atom. The van der Waals surface area contributed by atoms with Crippen LogP contribution in [0.4, 0.5) is 0 Å². The maximum atomic E-state index is 4.86. The Kier molecular flexibility index (Phi) is 3.31. The van der Waals surface area contributed by atoms with Gasteiger partial charge in [0.05, 0.1) is 33.5 Å². The van der Waals surface area contributed by atoms with Crippen molar-refractivity contribution in [1.82, 2.24) is 19.5 Å². The molecule has 3 aromatic heterocycles. The van der Waals surface area contributed by atoms with E-state index in [1.807, 2.05) is 60.8 Å². The second-order valence-corrected chi connectivity index (χ2v) is 6.85. The fourth-order valence-corrected chi connectivity index (χ4v) is 3.98. The lowest BCUT2D eigenvalue weighted by molar-refractivity contribution is 0.805. The molecule has 2 aromatic carbocycles. The zero-order valence-corrected chi connectivity index (χ0v) is 14.1. The molecule has 0 unspecified atom stereocenters. The van der Waals surface area contributed by atoms with E-state index >= 15 is 0 Å². The first-order valence-electron chi connectivity index (χ1n) is 8.09. The maximum Gasteiger partial charge on any atom is 0.170 e. The summed E-state index contributed by atoms with van der Waals surface area (Å²) < 4.78 is 3.38. The summed E-state index contributed by atoms with van der Waals surface area (Å²) in [5, 5.41) is 0.938. The van der Waals surface area contributed by atoms with E-state index < -0.39 is 0 Å². The van der Waals surface area contributed by atoms with Gasteiger partial charge in [0.15, 0.2) is 10.8 Å². The minimum Gasteiger partial charge on any atom is -0.316 e. The van der Waals surface area contributed by atoms with Gasteiger partial charge in [0.1, 0.15) is 0 Å². The third-order valence-corrected chi connectivity index (χ3v) is 5.22. The summed E-state index contributed by atoms with van der Waals surface area (Å²) in [4.78, 5) is 14.1. The molecule has 25 heavy (non-hydrogen) atoms. The standard InChI is InChI=1S/C20H14N4S/c1-3-10-17-15(8-1)22-19(24(17)13-14-7-5-6-12-21-14)20-23-16-9-2-4-11-18(16)25-20/h1-12H,13H2. The van der Waals surface area contributed by atoms with Gasteiger partial charge in [-0.3, -0.25) is 4.98 Å². The van der Waals surface area contributed by atoms with Crippen LogP contribution in [-0.2, 0) is 6.54 Å². The van der Waals surface area contributed by atoms with Crippen LogP contribution in [-0.4, -0.2) is 19.5 Å². The molecular formula is C20H14N4S. The van der Waals surface area contributed by atoms with Crippen molar-refractivity contribution in [1.29, 1.82) is 0 Å². The van der Waals surface area contributed by atoms with Crippen molar-refractivity contribution in [3.8, 4) is 10.8 Å². The van der Waals surface area contributed by atoms with Gasteiger partial charge in [-0.1, -0.05) is 30.3 Å². The fourth-order valence-electron chi connectivity index (χ4n) is 3.02. The number of rotatable bonds is 3. The molecule has 0 aliphatic rings. The summed E-state index contributed by atoms with van der Waals surface area (Å²) >= 11 is 1.68. The topological polar surface area (TPSA) is 43.6 Å². The average Bonchev–Trinajstić information content (AvgIpc) is 3.24. The van der Waals surface area contributed by atoms with Gasteiger partial charge in [0.2, 0.25) is 0 Å². The predicted octanol–water partition coefficient (Wildman–Crippen LogP) is 4.76. The highest BCUT2D eigenvalue weighted by molar-refractivity contribution is 7.21. The molecule has 5 heteroatoms. The first-order chi connectivity index (χ1) is 12.4. The fraction of sp³-hybridized carbons (Fsp3) is 0.0500. The first kappa shape index (κ1) is 14.3. The van der Waals surface area contributed by atoms with Gasteiger partial charge in [0.25, 0.3) is 0 Å². The molecule has 0 N–H and O–H groups in total. The third kappa shape index (κ3) is 2.49. The Bertz CT molecular complexity index is 1140. The molecule has 0 atom stereocenters. The van der Waals surface area contributed by atoms with Crippen LogP contribution in [0.2, 0.25) is 0 Å². The summed E-state index contributed by atoms with van der Waals surface area (Å²) in [5.74, 6) is 0.896. The summed E-state index contributed by atoms with van der Waals surface area (Å²) in [7, 11) is 0. The Morgan fingerprint density at radius 2 is 1.60 bits per heavy atom. The monoisotopic (exact) mass is 342 g/mol. The van der Waals surface area contributed by atoms with Crippen LogP contribution in [0.3, 0.4) is 0 Å². The molecule has 0 radical (unpaired) electrons. The highest BCUT2D eigenvalue weighted by Crippen LogP contribution is 2.32. The predicted molar refractivity (Wildman–Crippen MR) is 102 cm³/mol. The number of hydrogen-bond donors (Lipinski definition) is 0. The third-order valence-electron chi connectivity index (χ3n) is 4.19. The van der Waals surface area contributed by atoms with Crippen LogP contribution in [0.5, 0.6) is 0 Å². The zero-order valence-electron chi connectivity index (χ0n) is 13.3. The Balaban J connectivity index is 1.72. The average molecular weight is 342 g/mol. The molecule has 0 fully saturated rings. The normalized spacial score (nSPS) is 11.4. The van der Waals surface area contributed by atoms with Crippen molar-refractivity contribution in [3.63, 3.8) is 0 Å². The number of aromatic nitrogens is 4. The minimum atomic E-state index is 0.673. The summed E-state index contributed by atoms with van der Waals surface area (Å²) in [6, 6.07) is 22.4. The number of benzene rings is 2. The lowest BCUT2D eigenvalue weighted by Crippen LogP contribution is -2.03. The van der Waals surface area contributed by atoms with E-state index in [0.29, 0.717) is 6.54 Å². The molecular weight excluding hydrogens is 328 g/mol. The number of hydrogen-bond acceptors (Lipinski definition) is 4. The van der Waals surface area contributed by atoms with E-state index in [4.69, 9.17) is 9.97 Å². The van der Waals surface area contributed by atoms with E-state index in [1.54, 1.807) is 11.3 Å². The SMILES string of the molecule is c1ccc(Cn2c(-c3nc4ccccc4s3)nc3ccccc32)nc1. The molecule has 0 bridgehead atoms. The van der Waals surface area contributed by atoms with Crippen LogP contribution in [0.1, 0.15) is 5.69 Å². The molecule has 0 saturated heterocycles. The molecule has 3 heterocycles. The Morgan fingerprint density at radius 3 is 2.44 bits per heavy atom. The van der Waals surface area contributed by atoms with E-state index in [-0.39, 0.29) is 0 Å². The quantitative estimate of drug-likeness (QED) is 0.475. The van der Waals surface area contributed by atoms with Gasteiger partial charge in [-0.25, -0.2) is 9.97 Å². The van der Waals surface area contributed by atoms with Crippen molar-refractivity contribution in [2.24, 2.45) is 0 Å². The van der Waals surface area contributed by atoms with E-state index in [2.05, 4.69) is 21.7 Å². The number of para-hydroxylation sites is 3. The minimum absolute atomic E-state index is 0.673. The smallest absolute Gasteiger partial charge is 0.170 e. The lowest BCUT2D eigenvalue weighted by atomic mass is 10.3. The zero-order chi connectivity index (χ0) is 16.6. The van der Waals surface area contributed by atoms with Crippen molar-refractivity contribution in [2.45, 2.75) is 6.54 Å². The van der Waals surface area contributed by atoms with Gasteiger partial charge in [-0.2, -0.15) is 0 Å². The van der Waals surface area contributed by atoms with Crippen molar-refractivity contribution < 1.29 is 0 Å². The molecule has 0 saturated carbocycles. The number of imidazole rings is 1.